The van der Waals surface area contributed by atoms with E-state index in [1.54, 1.807) is 29.4 Å². The molecule has 2 aromatic heterocycles. The zero-order chi connectivity index (χ0) is 19.3. The molecule has 0 saturated heterocycles. The Kier molecular flexibility index (Phi) is 5.10. The normalized spacial score (nSPS) is 12.9. The maximum Gasteiger partial charge on any atom is 0.272 e. The van der Waals surface area contributed by atoms with Crippen LogP contribution < -0.4 is 5.32 Å². The largest absolute Gasteiger partial charge is 0.348 e. The molecule has 4 rings (SSSR count). The Hall–Kier alpha value is -3.54. The van der Waals surface area contributed by atoms with E-state index < -0.39 is 0 Å². The number of carbonyl (C=O) groups is 2. The van der Waals surface area contributed by atoms with Gasteiger partial charge >= 0.3 is 0 Å². The molecule has 0 atom stereocenters. The lowest BCUT2D eigenvalue weighted by atomic mass is 9.99. The second kappa shape index (κ2) is 8.00. The quantitative estimate of drug-likeness (QED) is 0.764. The highest BCUT2D eigenvalue weighted by molar-refractivity contribution is 5.98. The van der Waals surface area contributed by atoms with Crippen LogP contribution in [0, 0.1) is 0 Å². The van der Waals surface area contributed by atoms with Gasteiger partial charge in [0, 0.05) is 43.8 Å². The summed E-state index contributed by atoms with van der Waals surface area (Å²) in [5.74, 6) is -0.402. The van der Waals surface area contributed by atoms with Gasteiger partial charge in [-0.2, -0.15) is 0 Å². The monoisotopic (exact) mass is 372 g/mol. The van der Waals surface area contributed by atoms with Gasteiger partial charge in [0.25, 0.3) is 11.8 Å². The van der Waals surface area contributed by atoms with Crippen LogP contribution in [0.25, 0.3) is 0 Å². The lowest BCUT2D eigenvalue weighted by Gasteiger charge is -2.28. The van der Waals surface area contributed by atoms with Gasteiger partial charge in [0.1, 0.15) is 5.69 Å². The van der Waals surface area contributed by atoms with Crippen LogP contribution in [0.4, 0.5) is 0 Å². The standard InChI is InChI=1S/C22H20N4O2/c27-21(25-14-16-4-3-9-23-13-16)18-7-10-24-20(12-18)22(28)26-11-8-17-5-1-2-6-19(17)15-26/h1-7,9-10,12-13H,8,11,14-15H2,(H,25,27). The smallest absolute Gasteiger partial charge is 0.272 e. The number of benzene rings is 1. The first-order valence-corrected chi connectivity index (χ1v) is 9.20. The first-order valence-electron chi connectivity index (χ1n) is 9.20. The van der Waals surface area contributed by atoms with Gasteiger partial charge in [-0.15, -0.1) is 0 Å². The molecule has 0 spiro atoms. The number of hydrogen-bond donors (Lipinski definition) is 1. The maximum absolute atomic E-state index is 12.9. The van der Waals surface area contributed by atoms with E-state index in [2.05, 4.69) is 21.4 Å². The van der Waals surface area contributed by atoms with E-state index in [0.29, 0.717) is 25.2 Å². The predicted molar refractivity (Wildman–Crippen MR) is 105 cm³/mol. The lowest BCUT2D eigenvalue weighted by Crippen LogP contribution is -2.36. The van der Waals surface area contributed by atoms with E-state index in [4.69, 9.17) is 0 Å². The Morgan fingerprint density at radius 2 is 1.89 bits per heavy atom. The van der Waals surface area contributed by atoms with Crippen molar-refractivity contribution in [1.29, 1.82) is 0 Å². The number of carbonyl (C=O) groups excluding carboxylic acids is 2. The molecule has 1 N–H and O–H groups in total. The van der Waals surface area contributed by atoms with Crippen molar-refractivity contribution in [3.8, 4) is 0 Å². The molecule has 6 heteroatoms. The van der Waals surface area contributed by atoms with E-state index in [9.17, 15) is 9.59 Å². The summed E-state index contributed by atoms with van der Waals surface area (Å²) in [6.45, 7) is 1.59. The van der Waals surface area contributed by atoms with Crippen LogP contribution in [0.5, 0.6) is 0 Å². The van der Waals surface area contributed by atoms with Crippen molar-refractivity contribution >= 4 is 11.8 Å². The molecule has 1 aromatic carbocycles. The minimum atomic E-state index is -0.246. The number of aromatic nitrogens is 2. The number of nitrogens with zero attached hydrogens (tertiary/aromatic N) is 3. The van der Waals surface area contributed by atoms with Crippen molar-refractivity contribution in [2.24, 2.45) is 0 Å². The first kappa shape index (κ1) is 17.9. The van der Waals surface area contributed by atoms with Crippen LogP contribution in [0.2, 0.25) is 0 Å². The van der Waals surface area contributed by atoms with Gasteiger partial charge < -0.3 is 10.2 Å². The molecule has 2 amide bonds. The molecule has 140 valence electrons. The zero-order valence-corrected chi connectivity index (χ0v) is 15.3. The van der Waals surface area contributed by atoms with Gasteiger partial charge in [0.15, 0.2) is 0 Å². The van der Waals surface area contributed by atoms with Crippen LogP contribution >= 0.6 is 0 Å². The summed E-state index contributed by atoms with van der Waals surface area (Å²) >= 11 is 0. The van der Waals surface area contributed by atoms with E-state index >= 15 is 0 Å². The fraction of sp³-hybridized carbons (Fsp3) is 0.182. The SMILES string of the molecule is O=C(NCc1cccnc1)c1ccnc(C(=O)N2CCc3ccccc3C2)c1. The zero-order valence-electron chi connectivity index (χ0n) is 15.3. The van der Waals surface area contributed by atoms with Gasteiger partial charge in [-0.25, -0.2) is 0 Å². The topological polar surface area (TPSA) is 75.2 Å². The molecule has 1 aliphatic heterocycles. The first-order chi connectivity index (χ1) is 13.7. The Morgan fingerprint density at radius 1 is 1.04 bits per heavy atom. The van der Waals surface area contributed by atoms with Crippen molar-refractivity contribution in [2.45, 2.75) is 19.5 Å². The van der Waals surface area contributed by atoms with Gasteiger partial charge in [-0.1, -0.05) is 30.3 Å². The molecular weight excluding hydrogens is 352 g/mol. The summed E-state index contributed by atoms with van der Waals surface area (Å²) in [7, 11) is 0. The molecule has 3 aromatic rings. The predicted octanol–water partition coefficient (Wildman–Crippen LogP) is 2.61. The van der Waals surface area contributed by atoms with Crippen LogP contribution in [-0.2, 0) is 19.5 Å². The van der Waals surface area contributed by atoms with Crippen molar-refractivity contribution < 1.29 is 9.59 Å². The highest BCUT2D eigenvalue weighted by Crippen LogP contribution is 2.20. The van der Waals surface area contributed by atoms with E-state index in [1.165, 1.54) is 11.8 Å². The van der Waals surface area contributed by atoms with Crippen molar-refractivity contribution in [3.63, 3.8) is 0 Å². The van der Waals surface area contributed by atoms with Gasteiger partial charge in [-0.05, 0) is 41.3 Å². The third kappa shape index (κ3) is 3.91. The Morgan fingerprint density at radius 3 is 2.71 bits per heavy atom. The Bertz CT molecular complexity index is 1000. The Balaban J connectivity index is 1.44. The summed E-state index contributed by atoms with van der Waals surface area (Å²) in [5.41, 5.74) is 4.05. The minimum absolute atomic E-state index is 0.156. The lowest BCUT2D eigenvalue weighted by molar-refractivity contribution is 0.0728. The molecule has 0 aliphatic carbocycles. The third-order valence-corrected chi connectivity index (χ3v) is 4.83. The molecule has 0 fully saturated rings. The van der Waals surface area contributed by atoms with Crippen LogP contribution in [0.3, 0.4) is 0 Å². The summed E-state index contributed by atoms with van der Waals surface area (Å²) < 4.78 is 0. The van der Waals surface area contributed by atoms with Crippen molar-refractivity contribution in [3.05, 3.63) is 95.1 Å². The number of hydrogen-bond acceptors (Lipinski definition) is 4. The molecule has 0 radical (unpaired) electrons. The van der Waals surface area contributed by atoms with Crippen molar-refractivity contribution in [2.75, 3.05) is 6.54 Å². The summed E-state index contributed by atoms with van der Waals surface area (Å²) in [6.07, 6.45) is 5.72. The van der Waals surface area contributed by atoms with E-state index in [-0.39, 0.29) is 17.5 Å². The molecule has 6 nitrogen and oxygen atoms in total. The number of fused-ring (bicyclic) bond motifs is 1. The van der Waals surface area contributed by atoms with E-state index in [0.717, 1.165) is 17.5 Å². The maximum atomic E-state index is 12.9. The number of amides is 2. The van der Waals surface area contributed by atoms with E-state index in [1.807, 2.05) is 30.3 Å². The second-order valence-corrected chi connectivity index (χ2v) is 6.72. The second-order valence-electron chi connectivity index (χ2n) is 6.72. The molecule has 0 unspecified atom stereocenters. The minimum Gasteiger partial charge on any atom is -0.348 e. The van der Waals surface area contributed by atoms with Crippen LogP contribution in [0.1, 0.15) is 37.5 Å². The molecule has 0 saturated carbocycles. The molecule has 28 heavy (non-hydrogen) atoms. The van der Waals surface area contributed by atoms with Gasteiger partial charge in [-0.3, -0.25) is 19.6 Å². The molecular formula is C22H20N4O2. The highest BCUT2D eigenvalue weighted by Gasteiger charge is 2.23. The Labute approximate surface area is 163 Å². The average molecular weight is 372 g/mol. The number of pyridine rings is 2. The van der Waals surface area contributed by atoms with Gasteiger partial charge in [0.05, 0.1) is 0 Å². The highest BCUT2D eigenvalue weighted by atomic mass is 16.2. The number of rotatable bonds is 4. The molecule has 3 heterocycles. The molecule has 1 aliphatic rings. The number of nitrogens with one attached hydrogen (secondary N) is 1. The van der Waals surface area contributed by atoms with Crippen LogP contribution in [-0.4, -0.2) is 33.2 Å². The van der Waals surface area contributed by atoms with Gasteiger partial charge in [0.2, 0.25) is 0 Å². The fourth-order valence-electron chi connectivity index (χ4n) is 3.31. The average Bonchev–Trinajstić information content (AvgIpc) is 2.77. The summed E-state index contributed by atoms with van der Waals surface area (Å²) in [4.78, 5) is 35.3. The fourth-order valence-corrected chi connectivity index (χ4v) is 3.31. The van der Waals surface area contributed by atoms with Crippen LogP contribution in [0.15, 0.2) is 67.1 Å². The molecule has 0 bridgehead atoms. The summed E-state index contributed by atoms with van der Waals surface area (Å²) in [5, 5.41) is 2.84. The summed E-state index contributed by atoms with van der Waals surface area (Å²) in [6, 6.07) is 15.0. The third-order valence-electron chi connectivity index (χ3n) is 4.83. The van der Waals surface area contributed by atoms with Crippen molar-refractivity contribution in [1.82, 2.24) is 20.2 Å².